The lowest BCUT2D eigenvalue weighted by atomic mass is 9.94. The summed E-state index contributed by atoms with van der Waals surface area (Å²) in [5.74, 6) is 1.31. The number of hydrogen-bond donors (Lipinski definition) is 1. The number of fused-ring (bicyclic) bond motifs is 1. The van der Waals surface area contributed by atoms with Gasteiger partial charge in [0.15, 0.2) is 5.84 Å². The first-order chi connectivity index (χ1) is 16.5. The number of halogens is 1. The summed E-state index contributed by atoms with van der Waals surface area (Å²) in [4.78, 5) is 12.6. The molecule has 3 heterocycles. The normalized spacial score (nSPS) is 20.8. The van der Waals surface area contributed by atoms with Crippen LogP contribution in [0.25, 0.3) is 11.8 Å². The van der Waals surface area contributed by atoms with E-state index in [9.17, 15) is 4.39 Å². The van der Waals surface area contributed by atoms with E-state index in [1.807, 2.05) is 36.9 Å². The van der Waals surface area contributed by atoms with Crippen molar-refractivity contribution in [3.63, 3.8) is 0 Å². The van der Waals surface area contributed by atoms with Crippen molar-refractivity contribution in [2.24, 2.45) is 5.16 Å². The highest BCUT2D eigenvalue weighted by Crippen LogP contribution is 2.40. The molecular formula is C26H28FN5O2. The number of likely N-dealkylation sites (N-methyl/N-ethyl adjacent to an activating group) is 1. The van der Waals surface area contributed by atoms with E-state index in [1.165, 1.54) is 12.1 Å². The molecular weight excluding hydrogens is 433 g/mol. The highest BCUT2D eigenvalue weighted by Gasteiger charge is 2.49. The number of aryl methyl sites for hydroxylation is 1. The van der Waals surface area contributed by atoms with Crippen LogP contribution >= 0.6 is 0 Å². The van der Waals surface area contributed by atoms with Gasteiger partial charge in [0.05, 0.1) is 31.4 Å². The molecule has 176 valence electrons. The zero-order valence-electron chi connectivity index (χ0n) is 19.6. The smallest absolute Gasteiger partial charge is 0.249 e. The highest BCUT2D eigenvalue weighted by molar-refractivity contribution is 6.03. The molecule has 0 aliphatic carbocycles. The van der Waals surface area contributed by atoms with Crippen LogP contribution in [-0.4, -0.2) is 47.5 Å². The summed E-state index contributed by atoms with van der Waals surface area (Å²) in [6.07, 6.45) is 7.75. The summed E-state index contributed by atoms with van der Waals surface area (Å²) in [6.45, 7) is 3.28. The van der Waals surface area contributed by atoms with Crippen molar-refractivity contribution in [3.8, 4) is 11.4 Å². The number of benzene rings is 2. The Bertz CT molecular complexity index is 1250. The van der Waals surface area contributed by atoms with Gasteiger partial charge in [-0.15, -0.1) is 0 Å². The van der Waals surface area contributed by atoms with Gasteiger partial charge < -0.3 is 24.4 Å². The van der Waals surface area contributed by atoms with E-state index >= 15 is 0 Å². The Labute approximate surface area is 198 Å². The van der Waals surface area contributed by atoms with E-state index in [-0.39, 0.29) is 5.82 Å². The lowest BCUT2D eigenvalue weighted by molar-refractivity contribution is -0.103. The van der Waals surface area contributed by atoms with Gasteiger partial charge in [-0.2, -0.15) is 0 Å². The van der Waals surface area contributed by atoms with Crippen LogP contribution in [0, 0.1) is 12.7 Å². The molecule has 0 unspecified atom stereocenters. The Morgan fingerprint density at radius 2 is 2.06 bits per heavy atom. The number of aromatic nitrogens is 2. The minimum absolute atomic E-state index is 0.273. The van der Waals surface area contributed by atoms with Crippen molar-refractivity contribution in [2.75, 3.05) is 27.2 Å². The van der Waals surface area contributed by atoms with Crippen molar-refractivity contribution in [1.82, 2.24) is 19.8 Å². The fourth-order valence-corrected chi connectivity index (χ4v) is 4.72. The lowest BCUT2D eigenvalue weighted by Gasteiger charge is -2.40. The van der Waals surface area contributed by atoms with Gasteiger partial charge in [-0.25, -0.2) is 9.37 Å². The van der Waals surface area contributed by atoms with Crippen LogP contribution in [0.5, 0.6) is 5.75 Å². The topological polar surface area (TPSA) is 63.9 Å². The first-order valence-electron chi connectivity index (χ1n) is 11.4. The summed E-state index contributed by atoms with van der Waals surface area (Å²) in [5, 5.41) is 7.74. The Morgan fingerprint density at radius 1 is 1.24 bits per heavy atom. The van der Waals surface area contributed by atoms with E-state index in [0.717, 1.165) is 59.1 Å². The van der Waals surface area contributed by atoms with E-state index in [1.54, 1.807) is 25.6 Å². The average molecular weight is 462 g/mol. The zero-order valence-corrected chi connectivity index (χ0v) is 19.6. The SMILES string of the molecule is CNC[C@]1(c2ccc(F)cc2)ON=C2C(=Cc3ccc(-n4cnc(C)c4)c(OC)c3)CCCN21. The highest BCUT2D eigenvalue weighted by atomic mass is 19.1. The molecule has 1 atom stereocenters. The van der Waals surface area contributed by atoms with Gasteiger partial charge in [-0.1, -0.05) is 23.4 Å². The molecule has 8 heteroatoms. The minimum Gasteiger partial charge on any atom is -0.495 e. The molecule has 3 aromatic rings. The van der Waals surface area contributed by atoms with Crippen LogP contribution in [0.4, 0.5) is 4.39 Å². The summed E-state index contributed by atoms with van der Waals surface area (Å²) in [7, 11) is 3.55. The Kier molecular flexibility index (Phi) is 5.83. The molecule has 34 heavy (non-hydrogen) atoms. The van der Waals surface area contributed by atoms with Gasteiger partial charge in [0, 0.05) is 18.3 Å². The first-order valence-corrected chi connectivity index (χ1v) is 11.4. The zero-order chi connectivity index (χ0) is 23.7. The number of ether oxygens (including phenoxy) is 1. The molecule has 1 saturated heterocycles. The van der Waals surface area contributed by atoms with Crippen LogP contribution in [0.3, 0.4) is 0 Å². The summed E-state index contributed by atoms with van der Waals surface area (Å²) in [5.41, 5.74) is 4.05. The predicted octanol–water partition coefficient (Wildman–Crippen LogP) is 4.22. The van der Waals surface area contributed by atoms with Crippen LogP contribution in [0.2, 0.25) is 0 Å². The largest absolute Gasteiger partial charge is 0.495 e. The standard InChI is InChI=1S/C26H28FN5O2/c1-18-15-31(17-29-18)23-11-6-19(14-24(23)33-3)13-20-5-4-12-32-25(20)30-34-26(32,16-28-2)21-7-9-22(27)10-8-21/h6-11,13-15,17,28H,4-5,12,16H2,1-3H3/t26-/m1/s1. The number of amidine groups is 1. The van der Waals surface area contributed by atoms with Crippen LogP contribution in [0.1, 0.15) is 29.7 Å². The number of nitrogens with one attached hydrogen (secondary N) is 1. The third-order valence-electron chi connectivity index (χ3n) is 6.34. The monoisotopic (exact) mass is 461 g/mol. The Balaban J connectivity index is 1.48. The molecule has 2 aromatic carbocycles. The van der Waals surface area contributed by atoms with Crippen molar-refractivity contribution in [2.45, 2.75) is 25.5 Å². The van der Waals surface area contributed by atoms with Gasteiger partial charge in [0.1, 0.15) is 11.6 Å². The van der Waals surface area contributed by atoms with Gasteiger partial charge in [-0.05, 0) is 68.3 Å². The second kappa shape index (κ2) is 8.95. The number of nitrogens with zero attached hydrogens (tertiary/aromatic N) is 4. The molecule has 1 aromatic heterocycles. The Morgan fingerprint density at radius 3 is 2.76 bits per heavy atom. The van der Waals surface area contributed by atoms with Crippen molar-refractivity contribution >= 4 is 11.9 Å². The molecule has 7 nitrogen and oxygen atoms in total. The molecule has 0 amide bonds. The number of imidazole rings is 1. The third kappa shape index (κ3) is 3.84. The van der Waals surface area contributed by atoms with Gasteiger partial charge in [0.2, 0.25) is 5.72 Å². The molecule has 1 fully saturated rings. The minimum atomic E-state index is -0.807. The van der Waals surface area contributed by atoms with Gasteiger partial charge in [0.25, 0.3) is 0 Å². The summed E-state index contributed by atoms with van der Waals surface area (Å²) >= 11 is 0. The summed E-state index contributed by atoms with van der Waals surface area (Å²) in [6, 6.07) is 12.6. The van der Waals surface area contributed by atoms with Crippen LogP contribution in [-0.2, 0) is 10.6 Å². The molecule has 0 spiro atoms. The number of rotatable bonds is 6. The second-order valence-corrected chi connectivity index (χ2v) is 8.61. The number of methoxy groups -OCH3 is 1. The Hall–Kier alpha value is -3.65. The third-order valence-corrected chi connectivity index (χ3v) is 6.34. The molecule has 2 aliphatic heterocycles. The molecule has 5 rings (SSSR count). The predicted molar refractivity (Wildman–Crippen MR) is 129 cm³/mol. The molecule has 0 radical (unpaired) electrons. The van der Waals surface area contributed by atoms with E-state index in [4.69, 9.17) is 9.57 Å². The van der Waals surface area contributed by atoms with Crippen LogP contribution < -0.4 is 10.1 Å². The number of piperidine rings is 1. The first kappa shape index (κ1) is 22.2. The van der Waals surface area contributed by atoms with E-state index in [0.29, 0.717) is 6.54 Å². The summed E-state index contributed by atoms with van der Waals surface area (Å²) < 4.78 is 21.2. The maximum atomic E-state index is 13.6. The maximum Gasteiger partial charge on any atom is 0.249 e. The fourth-order valence-electron chi connectivity index (χ4n) is 4.72. The molecule has 0 bridgehead atoms. The molecule has 0 saturated carbocycles. The second-order valence-electron chi connectivity index (χ2n) is 8.61. The van der Waals surface area contributed by atoms with E-state index in [2.05, 4.69) is 32.5 Å². The van der Waals surface area contributed by atoms with Crippen molar-refractivity contribution < 1.29 is 14.0 Å². The fraction of sp³-hybridized carbons (Fsp3) is 0.308. The lowest BCUT2D eigenvalue weighted by Crippen LogP contribution is -2.53. The number of oxime groups is 1. The maximum absolute atomic E-state index is 13.6. The van der Waals surface area contributed by atoms with E-state index < -0.39 is 5.72 Å². The molecule has 1 N–H and O–H groups in total. The van der Waals surface area contributed by atoms with Gasteiger partial charge in [-0.3, -0.25) is 0 Å². The average Bonchev–Trinajstić information content (AvgIpc) is 3.45. The van der Waals surface area contributed by atoms with Crippen molar-refractivity contribution in [1.29, 1.82) is 0 Å². The quantitative estimate of drug-likeness (QED) is 0.596. The molecule has 2 aliphatic rings. The van der Waals surface area contributed by atoms with Gasteiger partial charge >= 0.3 is 0 Å². The van der Waals surface area contributed by atoms with Crippen LogP contribution in [0.15, 0.2) is 65.7 Å². The number of hydrogen-bond acceptors (Lipinski definition) is 6. The van der Waals surface area contributed by atoms with Crippen molar-refractivity contribution in [3.05, 3.63) is 83.2 Å².